The molecule has 0 fully saturated rings. The summed E-state index contributed by atoms with van der Waals surface area (Å²) in [7, 11) is -0.196. The fourth-order valence-electron chi connectivity index (χ4n) is 0.455. The van der Waals surface area contributed by atoms with E-state index in [1.54, 1.807) is 6.92 Å². The van der Waals surface area contributed by atoms with E-state index in [0.29, 0.717) is 5.57 Å². The van der Waals surface area contributed by atoms with E-state index < -0.39 is 19.6 Å². The number of hydrogen-bond donors (Lipinski definition) is 0. The standard InChI is InChI=1S/C5H7O2.C2H7Si.Co.O/c1-4(2)5(6)7-3;1-3-2;;/h1,3H2,2H3;1,3H2,2H3;;. The zero-order chi connectivity index (χ0) is 9.56. The number of ether oxygens (including phenoxy) is 1. The first kappa shape index (κ1) is 11.7. The Balaban J connectivity index is 3.61. The zero-order valence-corrected chi connectivity index (χ0v) is 9.84. The van der Waals surface area contributed by atoms with E-state index in [1.165, 1.54) is 0 Å². The van der Waals surface area contributed by atoms with Crippen LogP contribution in [0.1, 0.15) is 6.92 Å². The average molecular weight is 233 g/mol. The molecule has 0 aliphatic carbocycles. The number of rotatable bonds is 5. The Bertz CT molecular complexity index is 203. The average Bonchev–Trinajstić information content (AvgIpc) is 2.00. The summed E-state index contributed by atoms with van der Waals surface area (Å²) >= 11 is -1.29. The molecule has 0 amide bonds. The van der Waals surface area contributed by atoms with Crippen molar-refractivity contribution in [1.82, 2.24) is 0 Å². The van der Waals surface area contributed by atoms with Crippen LogP contribution in [0.25, 0.3) is 0 Å². The minimum absolute atomic E-state index is 0.0551. The summed E-state index contributed by atoms with van der Waals surface area (Å²) in [6.45, 7) is 7.07. The van der Waals surface area contributed by atoms with Gasteiger partial charge in [0.1, 0.15) is 0 Å². The molecule has 0 aliphatic heterocycles. The molecule has 0 aromatic rings. The van der Waals surface area contributed by atoms with Gasteiger partial charge in [-0.15, -0.1) is 0 Å². The Morgan fingerprint density at radius 1 is 1.67 bits per heavy atom. The van der Waals surface area contributed by atoms with Crippen molar-refractivity contribution in [3.05, 3.63) is 12.2 Å². The number of hydrogen-bond acceptors (Lipinski definition) is 3. The molecule has 5 heteroatoms. The predicted octanol–water partition coefficient (Wildman–Crippen LogP) is 0.620. The van der Waals surface area contributed by atoms with Crippen molar-refractivity contribution in [1.29, 1.82) is 0 Å². The van der Waals surface area contributed by atoms with Crippen LogP contribution in [0.15, 0.2) is 12.2 Å². The van der Waals surface area contributed by atoms with Crippen LogP contribution in [0.5, 0.6) is 0 Å². The molecule has 0 saturated carbocycles. The molecule has 3 nitrogen and oxygen atoms in total. The predicted molar refractivity (Wildman–Crippen MR) is 45.7 cm³/mol. The van der Waals surface area contributed by atoms with Gasteiger partial charge in [-0.3, -0.25) is 0 Å². The Hall–Kier alpha value is -0.267. The summed E-state index contributed by atoms with van der Waals surface area (Å²) in [5.74, 6) is -0.449. The van der Waals surface area contributed by atoms with Crippen molar-refractivity contribution < 1.29 is 27.0 Å². The topological polar surface area (TPSA) is 43.4 Å². The molecular formula is C7H14CoO3Si. The molecular weight excluding hydrogens is 219 g/mol. The first-order valence-electron chi connectivity index (χ1n) is 3.62. The van der Waals surface area contributed by atoms with Gasteiger partial charge in [-0.05, 0) is 0 Å². The Labute approximate surface area is 79.0 Å². The molecule has 0 radical (unpaired) electrons. The molecule has 0 aliphatic rings. The Morgan fingerprint density at radius 2 is 2.25 bits per heavy atom. The molecule has 0 bridgehead atoms. The van der Waals surface area contributed by atoms with E-state index >= 15 is 0 Å². The third-order valence-corrected chi connectivity index (χ3v) is 5.48. The summed E-state index contributed by atoms with van der Waals surface area (Å²) < 4.78 is 15.8. The molecule has 73 valence electrons. The molecule has 0 saturated heterocycles. The van der Waals surface area contributed by atoms with Gasteiger partial charge in [0, 0.05) is 0 Å². The van der Waals surface area contributed by atoms with Crippen LogP contribution < -0.4 is 0 Å². The van der Waals surface area contributed by atoms with Gasteiger partial charge < -0.3 is 0 Å². The van der Waals surface area contributed by atoms with Crippen LogP contribution in [-0.2, 0) is 27.0 Å². The summed E-state index contributed by atoms with van der Waals surface area (Å²) in [5, 5.41) is 0. The first-order chi connectivity index (χ1) is 5.57. The normalized spacial score (nSPS) is 11.7. The summed E-state index contributed by atoms with van der Waals surface area (Å²) in [4.78, 5) is 11.6. The van der Waals surface area contributed by atoms with Crippen LogP contribution in [0, 0.1) is 0 Å². The van der Waals surface area contributed by atoms with E-state index in [0.717, 1.165) is 4.98 Å². The van der Waals surface area contributed by atoms with Gasteiger partial charge in [-0.25, -0.2) is 0 Å². The Morgan fingerprint density at radius 3 is 2.67 bits per heavy atom. The maximum absolute atomic E-state index is 11.0. The maximum atomic E-state index is 11.0. The van der Waals surface area contributed by atoms with E-state index in [4.69, 9.17) is 4.74 Å². The summed E-state index contributed by atoms with van der Waals surface area (Å²) in [5.41, 5.74) is 0.409. The van der Waals surface area contributed by atoms with Crippen LogP contribution >= 0.6 is 0 Å². The minimum atomic E-state index is -1.29. The molecule has 0 aromatic heterocycles. The fraction of sp³-hybridized carbons (Fsp3) is 0.571. The van der Waals surface area contributed by atoms with E-state index in [1.807, 2.05) is 0 Å². The van der Waals surface area contributed by atoms with Crippen molar-refractivity contribution >= 4 is 15.5 Å². The molecule has 0 N–H and O–H groups in total. The van der Waals surface area contributed by atoms with Crippen molar-refractivity contribution in [2.24, 2.45) is 0 Å². The molecule has 0 aromatic carbocycles. The monoisotopic (exact) mass is 233 g/mol. The van der Waals surface area contributed by atoms with Gasteiger partial charge in [0.05, 0.1) is 0 Å². The molecule has 0 spiro atoms. The van der Waals surface area contributed by atoms with Crippen molar-refractivity contribution in [2.45, 2.75) is 18.4 Å². The van der Waals surface area contributed by atoms with E-state index in [2.05, 4.69) is 13.1 Å². The van der Waals surface area contributed by atoms with Crippen molar-refractivity contribution in [3.8, 4) is 0 Å². The number of carbonyl (C=O) groups is 1. The van der Waals surface area contributed by atoms with E-state index in [9.17, 15) is 8.66 Å². The van der Waals surface area contributed by atoms with Crippen LogP contribution in [0.2, 0.25) is 11.5 Å². The van der Waals surface area contributed by atoms with E-state index in [-0.39, 0.29) is 15.1 Å². The molecule has 0 rings (SSSR count). The SMILES string of the molecule is C=C(C)C(=O)O[CH2][Co](=[O])[CH2][SiH2]C. The fourth-order valence-corrected chi connectivity index (χ4v) is 3.42. The number of carbonyl (C=O) groups excluding carboxylic acids is 1. The zero-order valence-electron chi connectivity index (χ0n) is 7.39. The molecule has 12 heavy (non-hydrogen) atoms. The van der Waals surface area contributed by atoms with Crippen LogP contribution in [0.3, 0.4) is 0 Å². The van der Waals surface area contributed by atoms with Crippen molar-refractivity contribution in [3.63, 3.8) is 0 Å². The molecule has 0 heterocycles. The third-order valence-electron chi connectivity index (χ3n) is 0.988. The molecule has 0 atom stereocenters. The second-order valence-electron chi connectivity index (χ2n) is 2.33. The van der Waals surface area contributed by atoms with Gasteiger partial charge in [0.15, 0.2) is 0 Å². The van der Waals surface area contributed by atoms with Crippen molar-refractivity contribution in [2.75, 3.05) is 5.54 Å². The van der Waals surface area contributed by atoms with Crippen LogP contribution in [0.4, 0.5) is 0 Å². The second kappa shape index (κ2) is 6.27. The third kappa shape index (κ3) is 5.39. The Kier molecular flexibility index (Phi) is 6.13. The first-order valence-corrected chi connectivity index (χ1v) is 7.93. The summed E-state index contributed by atoms with van der Waals surface area (Å²) in [6, 6.07) is 0. The number of esters is 1. The van der Waals surface area contributed by atoms with Gasteiger partial charge in [0.2, 0.25) is 0 Å². The molecule has 0 unspecified atom stereocenters. The van der Waals surface area contributed by atoms with Crippen LogP contribution in [-0.4, -0.2) is 21.0 Å². The second-order valence-corrected chi connectivity index (χ2v) is 6.65. The quantitative estimate of drug-likeness (QED) is 0.397. The van der Waals surface area contributed by atoms with Gasteiger partial charge >= 0.3 is 78.6 Å². The van der Waals surface area contributed by atoms with Gasteiger partial charge in [-0.1, -0.05) is 0 Å². The van der Waals surface area contributed by atoms with Gasteiger partial charge in [-0.2, -0.15) is 0 Å². The van der Waals surface area contributed by atoms with Gasteiger partial charge in [0.25, 0.3) is 0 Å². The summed E-state index contributed by atoms with van der Waals surface area (Å²) in [6.07, 6.45) is 0.